The summed E-state index contributed by atoms with van der Waals surface area (Å²) < 4.78 is 5.22. The lowest BCUT2D eigenvalue weighted by Gasteiger charge is -2.19. The Labute approximate surface area is 169 Å². The molecule has 3 rings (SSSR count). The van der Waals surface area contributed by atoms with Crippen molar-refractivity contribution in [3.8, 4) is 6.07 Å². The topological polar surface area (TPSA) is 70.1 Å². The van der Waals surface area contributed by atoms with E-state index in [0.717, 1.165) is 27.5 Å². The second-order valence-electron chi connectivity index (χ2n) is 6.56. The summed E-state index contributed by atoms with van der Waals surface area (Å²) in [6, 6.07) is 17.0. The van der Waals surface area contributed by atoms with Gasteiger partial charge in [0.1, 0.15) is 5.76 Å². The van der Waals surface area contributed by atoms with Gasteiger partial charge in [0, 0.05) is 29.8 Å². The summed E-state index contributed by atoms with van der Waals surface area (Å²) in [6.07, 6.45) is 0. The Morgan fingerprint density at radius 2 is 1.89 bits per heavy atom. The lowest BCUT2D eigenvalue weighted by Crippen LogP contribution is -2.26. The minimum Gasteiger partial charge on any atom is -0.361 e. The first kappa shape index (κ1) is 19.7. The number of rotatable bonds is 6. The van der Waals surface area contributed by atoms with Crippen molar-refractivity contribution in [2.24, 2.45) is 0 Å². The van der Waals surface area contributed by atoms with Crippen LogP contribution in [0.15, 0.2) is 57.9 Å². The molecule has 0 N–H and O–H groups in total. The number of amides is 1. The van der Waals surface area contributed by atoms with Crippen LogP contribution in [0.2, 0.25) is 0 Å². The van der Waals surface area contributed by atoms with Crippen LogP contribution in [-0.2, 0) is 12.3 Å². The Morgan fingerprint density at radius 3 is 2.54 bits per heavy atom. The SMILES string of the molecule is Cc1noc(C)c1CSc1ccccc1C(=O)N(C)Cc1ccc(C#N)cc1. The van der Waals surface area contributed by atoms with Crippen molar-refractivity contribution in [2.45, 2.75) is 31.0 Å². The highest BCUT2D eigenvalue weighted by Gasteiger charge is 2.17. The molecule has 0 aliphatic carbocycles. The number of carbonyl (C=O) groups is 1. The molecule has 0 radical (unpaired) electrons. The van der Waals surface area contributed by atoms with Crippen molar-refractivity contribution in [1.29, 1.82) is 5.26 Å². The molecule has 6 heteroatoms. The van der Waals surface area contributed by atoms with Crippen LogP contribution in [0.5, 0.6) is 0 Å². The van der Waals surface area contributed by atoms with Crippen LogP contribution < -0.4 is 0 Å². The van der Waals surface area contributed by atoms with E-state index in [1.54, 1.807) is 35.8 Å². The molecule has 0 spiro atoms. The fourth-order valence-corrected chi connectivity index (χ4v) is 4.06. The maximum absolute atomic E-state index is 13.0. The summed E-state index contributed by atoms with van der Waals surface area (Å²) in [5.41, 5.74) is 4.22. The molecule has 2 aromatic carbocycles. The number of carbonyl (C=O) groups excluding carboxylic acids is 1. The number of aryl methyl sites for hydroxylation is 2. The number of aromatic nitrogens is 1. The van der Waals surface area contributed by atoms with E-state index >= 15 is 0 Å². The average molecular weight is 391 g/mol. The molecular weight excluding hydrogens is 370 g/mol. The zero-order valence-corrected chi connectivity index (χ0v) is 16.9. The number of nitrogens with zero attached hydrogens (tertiary/aromatic N) is 3. The Balaban J connectivity index is 1.73. The number of hydrogen-bond donors (Lipinski definition) is 0. The fourth-order valence-electron chi connectivity index (χ4n) is 2.86. The first-order valence-electron chi connectivity index (χ1n) is 8.87. The summed E-state index contributed by atoms with van der Waals surface area (Å²) >= 11 is 1.61. The number of nitriles is 1. The number of thioether (sulfide) groups is 1. The highest BCUT2D eigenvalue weighted by molar-refractivity contribution is 7.98. The first-order chi connectivity index (χ1) is 13.5. The van der Waals surface area contributed by atoms with Crippen molar-refractivity contribution >= 4 is 17.7 Å². The van der Waals surface area contributed by atoms with Crippen LogP contribution in [0.3, 0.4) is 0 Å². The molecule has 1 aromatic heterocycles. The van der Waals surface area contributed by atoms with E-state index in [-0.39, 0.29) is 5.91 Å². The zero-order valence-electron chi connectivity index (χ0n) is 16.1. The van der Waals surface area contributed by atoms with Crippen LogP contribution in [0.25, 0.3) is 0 Å². The quantitative estimate of drug-likeness (QED) is 0.568. The lowest BCUT2D eigenvalue weighted by atomic mass is 10.1. The molecule has 5 nitrogen and oxygen atoms in total. The van der Waals surface area contributed by atoms with E-state index in [0.29, 0.717) is 23.4 Å². The second kappa shape index (κ2) is 8.77. The van der Waals surface area contributed by atoms with Crippen LogP contribution in [-0.4, -0.2) is 23.0 Å². The Hall–Kier alpha value is -3.04. The average Bonchev–Trinajstić information content (AvgIpc) is 3.04. The van der Waals surface area contributed by atoms with Gasteiger partial charge in [0.2, 0.25) is 0 Å². The van der Waals surface area contributed by atoms with Crippen molar-refractivity contribution < 1.29 is 9.32 Å². The van der Waals surface area contributed by atoms with Gasteiger partial charge in [-0.25, -0.2) is 0 Å². The Morgan fingerprint density at radius 1 is 1.18 bits per heavy atom. The van der Waals surface area contributed by atoms with Gasteiger partial charge in [-0.2, -0.15) is 5.26 Å². The predicted octanol–water partition coefficient (Wildman–Crippen LogP) is 4.73. The number of hydrogen-bond acceptors (Lipinski definition) is 5. The minimum atomic E-state index is -0.0359. The molecule has 1 amide bonds. The highest BCUT2D eigenvalue weighted by Crippen LogP contribution is 2.29. The summed E-state index contributed by atoms with van der Waals surface area (Å²) in [4.78, 5) is 15.6. The third kappa shape index (κ3) is 4.44. The molecule has 1 heterocycles. The van der Waals surface area contributed by atoms with E-state index in [1.165, 1.54) is 0 Å². The summed E-state index contributed by atoms with van der Waals surface area (Å²) in [7, 11) is 1.79. The minimum absolute atomic E-state index is 0.0359. The van der Waals surface area contributed by atoms with Crippen molar-refractivity contribution in [2.75, 3.05) is 7.05 Å². The van der Waals surface area contributed by atoms with Gasteiger partial charge in [0.05, 0.1) is 22.9 Å². The first-order valence-corrected chi connectivity index (χ1v) is 9.86. The van der Waals surface area contributed by atoms with Gasteiger partial charge < -0.3 is 9.42 Å². The summed E-state index contributed by atoms with van der Waals surface area (Å²) in [6.45, 7) is 4.31. The van der Waals surface area contributed by atoms with Crippen LogP contribution in [0, 0.1) is 25.2 Å². The van der Waals surface area contributed by atoms with Gasteiger partial charge in [-0.1, -0.05) is 29.4 Å². The molecule has 28 heavy (non-hydrogen) atoms. The maximum atomic E-state index is 13.0. The summed E-state index contributed by atoms with van der Waals surface area (Å²) in [5, 5.41) is 12.9. The second-order valence-corrected chi connectivity index (χ2v) is 7.57. The molecule has 3 aromatic rings. The van der Waals surface area contributed by atoms with E-state index in [1.807, 2.05) is 50.2 Å². The molecule has 0 aliphatic rings. The molecule has 0 saturated heterocycles. The third-order valence-electron chi connectivity index (χ3n) is 4.52. The highest BCUT2D eigenvalue weighted by atomic mass is 32.2. The standard InChI is InChI=1S/C22H21N3O2S/c1-15-20(16(2)27-24-15)14-28-21-7-5-4-6-19(21)22(26)25(3)13-18-10-8-17(12-23)9-11-18/h4-11H,13-14H2,1-3H3. The normalized spacial score (nSPS) is 10.5. The molecule has 0 fully saturated rings. The molecule has 0 unspecified atom stereocenters. The van der Waals surface area contributed by atoms with E-state index in [9.17, 15) is 4.79 Å². The molecule has 0 atom stereocenters. The van der Waals surface area contributed by atoms with Crippen molar-refractivity contribution in [1.82, 2.24) is 10.1 Å². The molecule has 142 valence electrons. The Bertz CT molecular complexity index is 1000. The zero-order chi connectivity index (χ0) is 20.1. The monoisotopic (exact) mass is 391 g/mol. The molecule has 0 aliphatic heterocycles. The van der Waals surface area contributed by atoms with Gasteiger partial charge in [-0.15, -0.1) is 11.8 Å². The Kier molecular flexibility index (Phi) is 6.17. The lowest BCUT2D eigenvalue weighted by molar-refractivity contribution is 0.0781. The van der Waals surface area contributed by atoms with Gasteiger partial charge in [-0.05, 0) is 43.7 Å². The van der Waals surface area contributed by atoms with Crippen LogP contribution in [0.4, 0.5) is 0 Å². The van der Waals surface area contributed by atoms with E-state index in [4.69, 9.17) is 9.78 Å². The van der Waals surface area contributed by atoms with Gasteiger partial charge in [-0.3, -0.25) is 4.79 Å². The third-order valence-corrected chi connectivity index (χ3v) is 5.62. The van der Waals surface area contributed by atoms with Crippen molar-refractivity contribution in [3.63, 3.8) is 0 Å². The molecule has 0 bridgehead atoms. The summed E-state index contributed by atoms with van der Waals surface area (Å²) in [5.74, 6) is 1.48. The van der Waals surface area contributed by atoms with Crippen LogP contribution in [0.1, 0.15) is 38.5 Å². The van der Waals surface area contributed by atoms with Gasteiger partial charge in [0.25, 0.3) is 5.91 Å². The molecule has 0 saturated carbocycles. The largest absolute Gasteiger partial charge is 0.361 e. The van der Waals surface area contributed by atoms with E-state index in [2.05, 4.69) is 11.2 Å². The maximum Gasteiger partial charge on any atom is 0.255 e. The molecular formula is C22H21N3O2S. The predicted molar refractivity (Wildman–Crippen MR) is 109 cm³/mol. The number of benzene rings is 2. The fraction of sp³-hybridized carbons (Fsp3) is 0.227. The van der Waals surface area contributed by atoms with E-state index < -0.39 is 0 Å². The van der Waals surface area contributed by atoms with Crippen molar-refractivity contribution in [3.05, 3.63) is 82.2 Å². The van der Waals surface area contributed by atoms with Crippen LogP contribution >= 0.6 is 11.8 Å². The van der Waals surface area contributed by atoms with Gasteiger partial charge in [0.15, 0.2) is 0 Å². The van der Waals surface area contributed by atoms with Gasteiger partial charge >= 0.3 is 0 Å². The smallest absolute Gasteiger partial charge is 0.255 e.